The summed E-state index contributed by atoms with van der Waals surface area (Å²) >= 11 is 6.77. The first kappa shape index (κ1) is 20.2. The highest BCUT2D eigenvalue weighted by molar-refractivity contribution is 8.26. The number of amides is 1. The number of benzene rings is 2. The zero-order valence-electron chi connectivity index (χ0n) is 16.1. The summed E-state index contributed by atoms with van der Waals surface area (Å²) in [5.41, 5.74) is 1.75. The first-order valence-corrected chi connectivity index (χ1v) is 9.84. The van der Waals surface area contributed by atoms with Gasteiger partial charge in [-0.1, -0.05) is 54.3 Å². The molecule has 0 N–H and O–H groups in total. The highest BCUT2D eigenvalue weighted by Gasteiger charge is 2.36. The standard InChI is InChI=1S/C21H21NO4S2/c1-13(14-8-6-5-7-9-14)22-20(23)19(28-21(22)27)11-15-10-17(25-3)18(26-4)12-16(15)24-2/h5-13H,1-4H3/b19-11-. The molecular formula is C21H21NO4S2. The number of nitrogens with zero attached hydrogens (tertiary/aromatic N) is 1. The van der Waals surface area contributed by atoms with Crippen LogP contribution in [0.1, 0.15) is 24.1 Å². The van der Waals surface area contributed by atoms with Crippen LogP contribution in [-0.4, -0.2) is 36.5 Å². The zero-order chi connectivity index (χ0) is 20.3. The van der Waals surface area contributed by atoms with Gasteiger partial charge < -0.3 is 14.2 Å². The number of carbonyl (C=O) groups excluding carboxylic acids is 1. The van der Waals surface area contributed by atoms with Gasteiger partial charge in [-0.3, -0.25) is 9.69 Å². The van der Waals surface area contributed by atoms with Crippen molar-refractivity contribution in [3.05, 3.63) is 58.5 Å². The lowest BCUT2D eigenvalue weighted by Crippen LogP contribution is -2.30. The van der Waals surface area contributed by atoms with Gasteiger partial charge in [-0.05, 0) is 24.6 Å². The molecule has 1 saturated heterocycles. The van der Waals surface area contributed by atoms with Gasteiger partial charge in [-0.15, -0.1) is 0 Å². The average Bonchev–Trinajstić information content (AvgIpc) is 3.00. The van der Waals surface area contributed by atoms with Crippen molar-refractivity contribution in [3.8, 4) is 17.2 Å². The number of ether oxygens (including phenoxy) is 3. The number of carbonyl (C=O) groups is 1. The fourth-order valence-electron chi connectivity index (χ4n) is 3.00. The molecule has 3 rings (SSSR count). The second-order valence-electron chi connectivity index (χ2n) is 6.09. The quantitative estimate of drug-likeness (QED) is 0.505. The summed E-state index contributed by atoms with van der Waals surface area (Å²) in [6, 6.07) is 13.2. The van der Waals surface area contributed by atoms with Crippen molar-refractivity contribution < 1.29 is 19.0 Å². The normalized spacial score (nSPS) is 16.4. The van der Waals surface area contributed by atoms with Crippen LogP contribution in [0.4, 0.5) is 0 Å². The lowest BCUT2D eigenvalue weighted by atomic mass is 10.1. The second-order valence-corrected chi connectivity index (χ2v) is 7.76. The molecule has 1 aliphatic heterocycles. The molecule has 1 heterocycles. The summed E-state index contributed by atoms with van der Waals surface area (Å²) < 4.78 is 16.7. The van der Waals surface area contributed by atoms with E-state index in [0.717, 1.165) is 5.56 Å². The minimum Gasteiger partial charge on any atom is -0.496 e. The lowest BCUT2D eigenvalue weighted by molar-refractivity contribution is -0.123. The van der Waals surface area contributed by atoms with E-state index in [4.69, 9.17) is 26.4 Å². The Morgan fingerprint density at radius 2 is 1.61 bits per heavy atom. The van der Waals surface area contributed by atoms with E-state index >= 15 is 0 Å². The van der Waals surface area contributed by atoms with Crippen molar-refractivity contribution in [1.29, 1.82) is 0 Å². The van der Waals surface area contributed by atoms with Crippen LogP contribution in [0.3, 0.4) is 0 Å². The summed E-state index contributed by atoms with van der Waals surface area (Å²) in [4.78, 5) is 15.3. The van der Waals surface area contributed by atoms with Crippen molar-refractivity contribution in [1.82, 2.24) is 4.90 Å². The van der Waals surface area contributed by atoms with E-state index in [2.05, 4.69) is 0 Å². The zero-order valence-corrected chi connectivity index (χ0v) is 17.7. The maximum absolute atomic E-state index is 13.1. The maximum atomic E-state index is 13.1. The van der Waals surface area contributed by atoms with E-state index in [-0.39, 0.29) is 11.9 Å². The summed E-state index contributed by atoms with van der Waals surface area (Å²) in [6.07, 6.45) is 1.78. The Hall–Kier alpha value is -2.51. The molecule has 0 aliphatic carbocycles. The molecule has 5 nitrogen and oxygen atoms in total. The number of methoxy groups -OCH3 is 3. The van der Waals surface area contributed by atoms with Gasteiger partial charge in [0.25, 0.3) is 5.91 Å². The lowest BCUT2D eigenvalue weighted by Gasteiger charge is -2.23. The van der Waals surface area contributed by atoms with E-state index in [1.807, 2.05) is 37.3 Å². The van der Waals surface area contributed by atoms with Gasteiger partial charge in [0.1, 0.15) is 10.1 Å². The summed E-state index contributed by atoms with van der Waals surface area (Å²) in [7, 11) is 4.70. The smallest absolute Gasteiger partial charge is 0.266 e. The molecule has 1 aliphatic rings. The van der Waals surface area contributed by atoms with Gasteiger partial charge in [0.15, 0.2) is 11.5 Å². The SMILES string of the molecule is COc1cc(OC)c(OC)cc1/C=C1\SC(=S)N(C(C)c2ccccc2)C1=O. The molecule has 2 aromatic carbocycles. The summed E-state index contributed by atoms with van der Waals surface area (Å²) in [5.74, 6) is 1.58. The minimum absolute atomic E-state index is 0.122. The van der Waals surface area contributed by atoms with Crippen molar-refractivity contribution in [2.45, 2.75) is 13.0 Å². The Labute approximate surface area is 174 Å². The molecule has 2 aromatic rings. The molecule has 0 bridgehead atoms. The Morgan fingerprint density at radius 1 is 1.00 bits per heavy atom. The van der Waals surface area contributed by atoms with Crippen LogP contribution < -0.4 is 14.2 Å². The topological polar surface area (TPSA) is 48.0 Å². The third-order valence-electron chi connectivity index (χ3n) is 4.52. The van der Waals surface area contributed by atoms with E-state index < -0.39 is 0 Å². The fraction of sp³-hybridized carbons (Fsp3) is 0.238. The van der Waals surface area contributed by atoms with Gasteiger partial charge in [-0.25, -0.2) is 0 Å². The third kappa shape index (κ3) is 3.86. The Bertz CT molecular complexity index is 928. The van der Waals surface area contributed by atoms with Crippen LogP contribution in [0.2, 0.25) is 0 Å². The Kier molecular flexibility index (Phi) is 6.26. The Balaban J connectivity index is 1.96. The minimum atomic E-state index is -0.146. The largest absolute Gasteiger partial charge is 0.496 e. The number of hydrogen-bond acceptors (Lipinski definition) is 6. The van der Waals surface area contributed by atoms with Crippen LogP contribution in [0, 0.1) is 0 Å². The van der Waals surface area contributed by atoms with E-state index in [9.17, 15) is 4.79 Å². The molecule has 1 amide bonds. The Morgan fingerprint density at radius 3 is 2.21 bits per heavy atom. The fourth-order valence-corrected chi connectivity index (χ4v) is 4.41. The van der Waals surface area contributed by atoms with Gasteiger partial charge in [-0.2, -0.15) is 0 Å². The van der Waals surface area contributed by atoms with Crippen LogP contribution in [0.25, 0.3) is 6.08 Å². The molecule has 7 heteroatoms. The van der Waals surface area contributed by atoms with E-state index in [0.29, 0.717) is 32.0 Å². The van der Waals surface area contributed by atoms with Gasteiger partial charge in [0, 0.05) is 11.6 Å². The maximum Gasteiger partial charge on any atom is 0.266 e. The van der Waals surface area contributed by atoms with Gasteiger partial charge >= 0.3 is 0 Å². The van der Waals surface area contributed by atoms with Crippen molar-refractivity contribution in [3.63, 3.8) is 0 Å². The van der Waals surface area contributed by atoms with Crippen LogP contribution in [0.5, 0.6) is 17.2 Å². The average molecular weight is 416 g/mol. The molecule has 28 heavy (non-hydrogen) atoms. The predicted octanol–water partition coefficient (Wildman–Crippen LogP) is 4.67. The molecule has 1 atom stereocenters. The molecule has 0 aromatic heterocycles. The number of rotatable bonds is 6. The molecule has 0 saturated carbocycles. The monoisotopic (exact) mass is 415 g/mol. The van der Waals surface area contributed by atoms with Crippen LogP contribution >= 0.6 is 24.0 Å². The molecule has 146 valence electrons. The molecule has 1 unspecified atom stereocenters. The third-order valence-corrected chi connectivity index (χ3v) is 5.85. The molecule has 0 radical (unpaired) electrons. The molecular weight excluding hydrogens is 394 g/mol. The number of thiocarbonyl (C=S) groups is 1. The highest BCUT2D eigenvalue weighted by atomic mass is 32.2. The number of thioether (sulfide) groups is 1. The summed E-state index contributed by atoms with van der Waals surface area (Å²) in [5, 5.41) is 0. The van der Waals surface area contributed by atoms with Gasteiger partial charge in [0.05, 0.1) is 32.3 Å². The molecule has 1 fully saturated rings. The molecule has 0 spiro atoms. The highest BCUT2D eigenvalue weighted by Crippen LogP contribution is 2.41. The van der Waals surface area contributed by atoms with E-state index in [1.165, 1.54) is 11.8 Å². The second kappa shape index (κ2) is 8.67. The first-order valence-electron chi connectivity index (χ1n) is 8.62. The number of hydrogen-bond donors (Lipinski definition) is 0. The predicted molar refractivity (Wildman–Crippen MR) is 116 cm³/mol. The van der Waals surface area contributed by atoms with Crippen LogP contribution in [-0.2, 0) is 4.79 Å². The van der Waals surface area contributed by atoms with E-state index in [1.54, 1.807) is 44.4 Å². The van der Waals surface area contributed by atoms with Crippen LogP contribution in [0.15, 0.2) is 47.4 Å². The van der Waals surface area contributed by atoms with Crippen molar-refractivity contribution in [2.24, 2.45) is 0 Å². The first-order chi connectivity index (χ1) is 13.5. The summed E-state index contributed by atoms with van der Waals surface area (Å²) in [6.45, 7) is 1.97. The van der Waals surface area contributed by atoms with Crippen molar-refractivity contribution in [2.75, 3.05) is 21.3 Å². The van der Waals surface area contributed by atoms with Crippen molar-refractivity contribution >= 4 is 40.3 Å². The van der Waals surface area contributed by atoms with Gasteiger partial charge in [0.2, 0.25) is 0 Å².